The number of hydrogen-bond acceptors (Lipinski definition) is 8. The number of nitrogens with one attached hydrogen (secondary N) is 3. The Bertz CT molecular complexity index is 1420. The molecule has 1 saturated heterocycles. The largest absolute Gasteiger partial charge is 0.387 e. The van der Waals surface area contributed by atoms with Crippen LogP contribution in [0.25, 0.3) is 0 Å². The van der Waals surface area contributed by atoms with E-state index in [4.69, 9.17) is 16.4 Å². The lowest BCUT2D eigenvalue weighted by atomic mass is 9.85. The highest BCUT2D eigenvalue weighted by atomic mass is 35.5. The molecule has 250 valence electrons. The first kappa shape index (κ1) is 35.1. The second-order valence-electron chi connectivity index (χ2n) is 13.7. The van der Waals surface area contributed by atoms with Crippen LogP contribution in [0.5, 0.6) is 0 Å². The zero-order valence-electron chi connectivity index (χ0n) is 27.1. The van der Waals surface area contributed by atoms with Gasteiger partial charge >= 0.3 is 0 Å². The van der Waals surface area contributed by atoms with Crippen molar-refractivity contribution in [3.8, 4) is 0 Å². The van der Waals surface area contributed by atoms with Gasteiger partial charge in [0.25, 0.3) is 5.91 Å². The standard InChI is InChI=1S/C33H44ClN5O7/c1-6-8-23(27(42)30(44)35-22-12-13-22)36-29(43)25-17-33(16-24(38-46-33)20-9-7-10-21(34)15-20)18-39(25)31(45)28(32(3,4)5)37-26(41)14-11-19(2)40/h7,9-10,15,22-23,25,28H,6,8,11-14,16-18H2,1-5H3,(H,35,44)(H,36,43)(H,37,41)/t23-,25-,28+,33?/m0/s1. The van der Waals surface area contributed by atoms with Crippen molar-refractivity contribution in [2.75, 3.05) is 6.54 Å². The Morgan fingerprint density at radius 3 is 2.43 bits per heavy atom. The average Bonchev–Trinajstić information content (AvgIpc) is 3.58. The predicted octanol–water partition coefficient (Wildman–Crippen LogP) is 2.84. The molecule has 4 rings (SSSR count). The molecule has 0 bridgehead atoms. The van der Waals surface area contributed by atoms with Crippen LogP contribution in [0.2, 0.25) is 5.02 Å². The van der Waals surface area contributed by atoms with Gasteiger partial charge in [-0.2, -0.15) is 0 Å². The van der Waals surface area contributed by atoms with Crippen molar-refractivity contribution in [3.63, 3.8) is 0 Å². The number of ketones is 2. The molecule has 13 heteroatoms. The maximum Gasteiger partial charge on any atom is 0.289 e. The van der Waals surface area contributed by atoms with Gasteiger partial charge in [0, 0.05) is 42.3 Å². The van der Waals surface area contributed by atoms with Crippen LogP contribution in [0.15, 0.2) is 29.4 Å². The molecule has 1 unspecified atom stereocenters. The monoisotopic (exact) mass is 657 g/mol. The highest BCUT2D eigenvalue weighted by Crippen LogP contribution is 2.40. The Hall–Kier alpha value is -3.80. The summed E-state index contributed by atoms with van der Waals surface area (Å²) < 4.78 is 0. The summed E-state index contributed by atoms with van der Waals surface area (Å²) in [6.45, 7) is 8.60. The van der Waals surface area contributed by atoms with E-state index in [0.717, 1.165) is 18.4 Å². The Balaban J connectivity index is 1.60. The van der Waals surface area contributed by atoms with Crippen molar-refractivity contribution in [2.24, 2.45) is 10.6 Å². The summed E-state index contributed by atoms with van der Waals surface area (Å²) in [4.78, 5) is 85.6. The molecule has 46 heavy (non-hydrogen) atoms. The first-order chi connectivity index (χ1) is 21.6. The van der Waals surface area contributed by atoms with Crippen molar-refractivity contribution in [1.29, 1.82) is 0 Å². The van der Waals surface area contributed by atoms with Crippen LogP contribution in [0.1, 0.15) is 91.5 Å². The van der Waals surface area contributed by atoms with Crippen LogP contribution in [0, 0.1) is 5.41 Å². The Morgan fingerprint density at radius 1 is 1.11 bits per heavy atom. The third kappa shape index (κ3) is 8.71. The van der Waals surface area contributed by atoms with Gasteiger partial charge in [-0.25, -0.2) is 0 Å². The lowest BCUT2D eigenvalue weighted by Crippen LogP contribution is -2.59. The molecule has 3 N–H and O–H groups in total. The van der Waals surface area contributed by atoms with Gasteiger partial charge in [-0.15, -0.1) is 0 Å². The van der Waals surface area contributed by atoms with Gasteiger partial charge in [-0.3, -0.25) is 24.0 Å². The van der Waals surface area contributed by atoms with Gasteiger partial charge in [0.1, 0.15) is 17.9 Å². The Labute approximate surface area is 274 Å². The maximum absolute atomic E-state index is 14.3. The molecule has 3 aliphatic rings. The van der Waals surface area contributed by atoms with Gasteiger partial charge in [0.05, 0.1) is 18.3 Å². The fourth-order valence-electron chi connectivity index (χ4n) is 5.76. The molecule has 4 amide bonds. The fraction of sp³-hybridized carbons (Fsp3) is 0.606. The summed E-state index contributed by atoms with van der Waals surface area (Å²) in [5.41, 5.74) is -0.461. The predicted molar refractivity (Wildman–Crippen MR) is 171 cm³/mol. The first-order valence-electron chi connectivity index (χ1n) is 15.9. The summed E-state index contributed by atoms with van der Waals surface area (Å²) in [7, 11) is 0. The first-order valence-corrected chi connectivity index (χ1v) is 16.3. The number of oxime groups is 1. The van der Waals surface area contributed by atoms with Crippen molar-refractivity contribution in [2.45, 2.75) is 116 Å². The number of rotatable bonds is 13. The molecule has 2 fully saturated rings. The minimum atomic E-state index is -1.08. The van der Waals surface area contributed by atoms with Gasteiger partial charge in [-0.1, -0.05) is 63.0 Å². The van der Waals surface area contributed by atoms with Crippen molar-refractivity contribution in [3.05, 3.63) is 34.9 Å². The zero-order valence-corrected chi connectivity index (χ0v) is 27.9. The van der Waals surface area contributed by atoms with Crippen LogP contribution in [-0.4, -0.2) is 82.1 Å². The van der Waals surface area contributed by atoms with E-state index in [0.29, 0.717) is 17.2 Å². The summed E-state index contributed by atoms with van der Waals surface area (Å²) in [5, 5.41) is 13.0. The number of carbonyl (C=O) groups is 6. The van der Waals surface area contributed by atoms with E-state index in [2.05, 4.69) is 21.1 Å². The molecule has 1 saturated carbocycles. The number of benzene rings is 1. The Kier molecular flexibility index (Phi) is 10.9. The van der Waals surface area contributed by atoms with Crippen LogP contribution in [-0.2, 0) is 33.6 Å². The van der Waals surface area contributed by atoms with E-state index in [1.54, 1.807) is 39.0 Å². The molecule has 0 radical (unpaired) electrons. The molecule has 1 spiro atoms. The molecule has 1 aromatic carbocycles. The molecule has 4 atom stereocenters. The van der Waals surface area contributed by atoms with E-state index in [1.165, 1.54) is 11.8 Å². The third-order valence-electron chi connectivity index (χ3n) is 8.45. The van der Waals surface area contributed by atoms with Crippen LogP contribution in [0.3, 0.4) is 0 Å². The van der Waals surface area contributed by atoms with Crippen LogP contribution >= 0.6 is 11.6 Å². The third-order valence-corrected chi connectivity index (χ3v) is 8.69. The van der Waals surface area contributed by atoms with E-state index in [9.17, 15) is 28.8 Å². The second-order valence-corrected chi connectivity index (χ2v) is 14.2. The van der Waals surface area contributed by atoms with Gasteiger partial charge in [0.15, 0.2) is 5.60 Å². The lowest BCUT2D eigenvalue weighted by molar-refractivity contribution is -0.145. The fourth-order valence-corrected chi connectivity index (χ4v) is 5.95. The molecule has 1 aliphatic carbocycles. The molecule has 2 aliphatic heterocycles. The quantitative estimate of drug-likeness (QED) is 0.275. The van der Waals surface area contributed by atoms with E-state index >= 15 is 0 Å². The van der Waals surface area contributed by atoms with Crippen molar-refractivity contribution >= 4 is 52.5 Å². The smallest absolute Gasteiger partial charge is 0.289 e. The highest BCUT2D eigenvalue weighted by molar-refractivity contribution is 6.38. The second kappa shape index (κ2) is 14.3. The van der Waals surface area contributed by atoms with Crippen molar-refractivity contribution in [1.82, 2.24) is 20.9 Å². The SMILES string of the molecule is CCC[C@H](NC(=O)[C@@H]1CC2(CC(c3cccc(Cl)c3)=NO2)CN1C(=O)[C@@H](NC(=O)CCC(C)=O)C(C)(C)C)C(=O)C(=O)NC1CC1. The summed E-state index contributed by atoms with van der Waals surface area (Å²) in [6, 6.07) is 3.91. The van der Waals surface area contributed by atoms with E-state index in [1.807, 2.05) is 13.0 Å². The maximum atomic E-state index is 14.3. The minimum absolute atomic E-state index is 0.0120. The van der Waals surface area contributed by atoms with Gasteiger partial charge in [-0.05, 0) is 43.7 Å². The number of amides is 4. The van der Waals surface area contributed by atoms with Gasteiger partial charge in [0.2, 0.25) is 23.5 Å². The number of likely N-dealkylation sites (tertiary alicyclic amines) is 1. The molecular formula is C33H44ClN5O7. The van der Waals surface area contributed by atoms with E-state index in [-0.39, 0.29) is 50.5 Å². The Morgan fingerprint density at radius 2 is 1.83 bits per heavy atom. The van der Waals surface area contributed by atoms with Crippen molar-refractivity contribution < 1.29 is 33.6 Å². The average molecular weight is 658 g/mol. The number of nitrogens with zero attached hydrogens (tertiary/aromatic N) is 2. The lowest BCUT2D eigenvalue weighted by Gasteiger charge is -2.35. The number of halogens is 1. The molecular weight excluding hydrogens is 614 g/mol. The topological polar surface area (TPSA) is 163 Å². The molecule has 12 nitrogen and oxygen atoms in total. The summed E-state index contributed by atoms with van der Waals surface area (Å²) in [6.07, 6.45) is 2.70. The minimum Gasteiger partial charge on any atom is -0.387 e. The summed E-state index contributed by atoms with van der Waals surface area (Å²) in [5.74, 6) is -3.20. The van der Waals surface area contributed by atoms with E-state index < -0.39 is 58.6 Å². The normalized spacial score (nSPS) is 22.0. The van der Waals surface area contributed by atoms with Gasteiger partial charge < -0.3 is 30.5 Å². The number of Topliss-reactive ketones (excluding diaryl/α,β-unsaturated/α-hetero) is 2. The molecule has 2 heterocycles. The van der Waals surface area contributed by atoms with Crippen LogP contribution in [0.4, 0.5) is 0 Å². The highest BCUT2D eigenvalue weighted by Gasteiger charge is 2.55. The molecule has 1 aromatic rings. The van der Waals surface area contributed by atoms with Crippen LogP contribution < -0.4 is 16.0 Å². The number of hydrogen-bond donors (Lipinski definition) is 3. The zero-order chi connectivity index (χ0) is 33.8. The molecule has 0 aromatic heterocycles. The summed E-state index contributed by atoms with van der Waals surface area (Å²) >= 11 is 6.20. The number of carbonyl (C=O) groups excluding carboxylic acids is 6.